The molecule has 0 aromatic heterocycles. The van der Waals surface area contributed by atoms with Gasteiger partial charge in [0.1, 0.15) is 0 Å². The van der Waals surface area contributed by atoms with Gasteiger partial charge in [-0.3, -0.25) is 0 Å². The van der Waals surface area contributed by atoms with Crippen molar-refractivity contribution in [3.05, 3.63) is 53.6 Å². The van der Waals surface area contributed by atoms with Crippen molar-refractivity contribution in [3.63, 3.8) is 0 Å². The number of aromatic hydroxyl groups is 1. The van der Waals surface area contributed by atoms with Crippen LogP contribution in [0.25, 0.3) is 0 Å². The number of benzene rings is 2. The highest BCUT2D eigenvalue weighted by atomic mass is 16.5. The number of hydrogen-bond acceptors (Lipinski definition) is 5. The summed E-state index contributed by atoms with van der Waals surface area (Å²) in [5.41, 5.74) is 2.91. The number of nitrogens with zero attached hydrogens (tertiary/aromatic N) is 3. The lowest BCUT2D eigenvalue weighted by atomic mass is 10.2. The average Bonchev–Trinajstić information content (AvgIpc) is 2.53. The third kappa shape index (κ3) is 4.09. The summed E-state index contributed by atoms with van der Waals surface area (Å²) < 4.78 is 5.04. The second-order valence-corrected chi connectivity index (χ2v) is 4.91. The Bertz CT molecular complexity index is 677. The fourth-order valence-corrected chi connectivity index (χ4v) is 1.83. The Balaban J connectivity index is 2.02. The minimum Gasteiger partial charge on any atom is -0.504 e. The Morgan fingerprint density at radius 3 is 2.14 bits per heavy atom. The van der Waals surface area contributed by atoms with Gasteiger partial charge >= 0.3 is 0 Å². The second kappa shape index (κ2) is 7.26. The third-order valence-electron chi connectivity index (χ3n) is 3.09. The molecule has 0 aliphatic carbocycles. The van der Waals surface area contributed by atoms with Crippen LogP contribution >= 0.6 is 0 Å². The monoisotopic (exact) mass is 297 g/mol. The van der Waals surface area contributed by atoms with Gasteiger partial charge in [0, 0.05) is 19.8 Å². The molecule has 0 aliphatic rings. The van der Waals surface area contributed by atoms with Crippen LogP contribution in [0.5, 0.6) is 11.5 Å². The van der Waals surface area contributed by atoms with Gasteiger partial charge in [0.25, 0.3) is 0 Å². The van der Waals surface area contributed by atoms with Crippen molar-refractivity contribution in [1.82, 2.24) is 0 Å². The largest absolute Gasteiger partial charge is 0.504 e. The molecule has 0 aliphatic heterocycles. The fourth-order valence-electron chi connectivity index (χ4n) is 1.83. The molecule has 0 radical (unpaired) electrons. The molecule has 22 heavy (non-hydrogen) atoms. The first kappa shape index (κ1) is 15.6. The van der Waals surface area contributed by atoms with Crippen LogP contribution in [0.2, 0.25) is 0 Å². The quantitative estimate of drug-likeness (QED) is 0.682. The highest BCUT2D eigenvalue weighted by molar-refractivity contribution is 5.83. The van der Waals surface area contributed by atoms with E-state index in [-0.39, 0.29) is 5.75 Å². The zero-order valence-corrected chi connectivity index (χ0v) is 12.9. The van der Waals surface area contributed by atoms with E-state index >= 15 is 0 Å². The summed E-state index contributed by atoms with van der Waals surface area (Å²) in [6, 6.07) is 13.0. The van der Waals surface area contributed by atoms with Crippen LogP contribution in [0.1, 0.15) is 11.1 Å². The first-order chi connectivity index (χ1) is 10.6. The Morgan fingerprint density at radius 1 is 0.955 bits per heavy atom. The number of anilines is 1. The van der Waals surface area contributed by atoms with Gasteiger partial charge in [-0.1, -0.05) is 12.1 Å². The Labute approximate surface area is 130 Å². The smallest absolute Gasteiger partial charge is 0.161 e. The number of rotatable bonds is 5. The zero-order valence-electron chi connectivity index (χ0n) is 12.9. The minimum atomic E-state index is 0.101. The molecule has 2 rings (SSSR count). The summed E-state index contributed by atoms with van der Waals surface area (Å²) in [5.74, 6) is 0.510. The Kier molecular flexibility index (Phi) is 5.14. The van der Waals surface area contributed by atoms with Crippen LogP contribution in [-0.2, 0) is 0 Å². The molecule has 0 saturated heterocycles. The predicted octanol–water partition coefficient (Wildman–Crippen LogP) is 2.92. The van der Waals surface area contributed by atoms with Crippen molar-refractivity contribution < 1.29 is 9.84 Å². The minimum absolute atomic E-state index is 0.101. The van der Waals surface area contributed by atoms with Gasteiger partial charge in [0.05, 0.1) is 19.5 Å². The summed E-state index contributed by atoms with van der Waals surface area (Å²) in [7, 11) is 5.50. The van der Waals surface area contributed by atoms with E-state index in [4.69, 9.17) is 4.74 Å². The predicted molar refractivity (Wildman–Crippen MR) is 90.6 cm³/mol. The number of ether oxygens (including phenoxy) is 1. The molecule has 2 aromatic carbocycles. The first-order valence-corrected chi connectivity index (χ1v) is 6.81. The molecule has 0 atom stereocenters. The van der Waals surface area contributed by atoms with E-state index in [0.29, 0.717) is 5.75 Å². The SMILES string of the molecule is COc1cc(/C=N/N=C/c2ccc(N(C)C)cc2)ccc1O. The molecular weight excluding hydrogens is 278 g/mol. The third-order valence-corrected chi connectivity index (χ3v) is 3.09. The van der Waals surface area contributed by atoms with Gasteiger partial charge in [-0.25, -0.2) is 0 Å². The summed E-state index contributed by atoms with van der Waals surface area (Å²) in [5, 5.41) is 17.5. The molecule has 0 heterocycles. The van der Waals surface area contributed by atoms with Crippen molar-refractivity contribution in [3.8, 4) is 11.5 Å². The molecule has 0 saturated carbocycles. The molecular formula is C17H19N3O2. The molecule has 0 unspecified atom stereocenters. The van der Waals surface area contributed by atoms with Gasteiger partial charge in [-0.2, -0.15) is 10.2 Å². The summed E-state index contributed by atoms with van der Waals surface area (Å²) in [4.78, 5) is 2.04. The molecule has 0 spiro atoms. The van der Waals surface area contributed by atoms with Crippen molar-refractivity contribution in [1.29, 1.82) is 0 Å². The molecule has 0 bridgehead atoms. The summed E-state index contributed by atoms with van der Waals surface area (Å²) >= 11 is 0. The first-order valence-electron chi connectivity index (χ1n) is 6.81. The van der Waals surface area contributed by atoms with Crippen LogP contribution < -0.4 is 9.64 Å². The molecule has 2 aromatic rings. The van der Waals surface area contributed by atoms with E-state index in [1.54, 1.807) is 30.6 Å². The number of hydrogen-bond donors (Lipinski definition) is 1. The van der Waals surface area contributed by atoms with Crippen molar-refractivity contribution in [2.75, 3.05) is 26.1 Å². The van der Waals surface area contributed by atoms with Crippen molar-refractivity contribution in [2.24, 2.45) is 10.2 Å². The Morgan fingerprint density at radius 2 is 1.55 bits per heavy atom. The molecule has 0 amide bonds. The highest BCUT2D eigenvalue weighted by Crippen LogP contribution is 2.25. The maximum absolute atomic E-state index is 9.51. The van der Waals surface area contributed by atoms with Crippen LogP contribution in [0, 0.1) is 0 Å². The molecule has 114 valence electrons. The van der Waals surface area contributed by atoms with Crippen LogP contribution in [0.15, 0.2) is 52.7 Å². The number of phenolic OH excluding ortho intramolecular Hbond substituents is 1. The van der Waals surface area contributed by atoms with Crippen LogP contribution in [0.4, 0.5) is 5.69 Å². The average molecular weight is 297 g/mol. The lowest BCUT2D eigenvalue weighted by Gasteiger charge is -2.11. The highest BCUT2D eigenvalue weighted by Gasteiger charge is 2.00. The van der Waals surface area contributed by atoms with Crippen LogP contribution in [0.3, 0.4) is 0 Å². The zero-order chi connectivity index (χ0) is 15.9. The number of phenols is 1. The van der Waals surface area contributed by atoms with Gasteiger partial charge in [0.15, 0.2) is 11.5 Å². The Hall–Kier alpha value is -2.82. The second-order valence-electron chi connectivity index (χ2n) is 4.91. The normalized spacial score (nSPS) is 11.2. The number of methoxy groups -OCH3 is 1. The standard InChI is InChI=1S/C17H19N3O2/c1-20(2)15-7-4-13(5-8-15)11-18-19-12-14-6-9-16(21)17(10-14)22-3/h4-12,21H,1-3H3/b18-11+,19-12+. The molecule has 5 heteroatoms. The topological polar surface area (TPSA) is 57.4 Å². The summed E-state index contributed by atoms with van der Waals surface area (Å²) in [6.07, 6.45) is 3.29. The van der Waals surface area contributed by atoms with Gasteiger partial charge in [0.2, 0.25) is 0 Å². The van der Waals surface area contributed by atoms with E-state index in [1.165, 1.54) is 7.11 Å². The van der Waals surface area contributed by atoms with Crippen molar-refractivity contribution in [2.45, 2.75) is 0 Å². The lowest BCUT2D eigenvalue weighted by Crippen LogP contribution is -2.08. The molecule has 5 nitrogen and oxygen atoms in total. The van der Waals surface area contributed by atoms with Crippen LogP contribution in [-0.4, -0.2) is 38.7 Å². The van der Waals surface area contributed by atoms with E-state index in [9.17, 15) is 5.11 Å². The summed E-state index contributed by atoms with van der Waals surface area (Å²) in [6.45, 7) is 0. The van der Waals surface area contributed by atoms with Gasteiger partial charge in [-0.05, 0) is 41.5 Å². The van der Waals surface area contributed by atoms with Crippen molar-refractivity contribution >= 4 is 18.1 Å². The van der Waals surface area contributed by atoms with Gasteiger partial charge in [-0.15, -0.1) is 0 Å². The van der Waals surface area contributed by atoms with E-state index in [0.717, 1.165) is 16.8 Å². The fraction of sp³-hybridized carbons (Fsp3) is 0.176. The lowest BCUT2D eigenvalue weighted by molar-refractivity contribution is 0.373. The molecule has 1 N–H and O–H groups in total. The van der Waals surface area contributed by atoms with E-state index < -0.39 is 0 Å². The maximum atomic E-state index is 9.51. The van der Waals surface area contributed by atoms with E-state index in [1.807, 2.05) is 43.3 Å². The van der Waals surface area contributed by atoms with E-state index in [2.05, 4.69) is 10.2 Å². The van der Waals surface area contributed by atoms with Gasteiger partial charge < -0.3 is 14.7 Å². The molecule has 0 fully saturated rings. The maximum Gasteiger partial charge on any atom is 0.161 e.